The van der Waals surface area contributed by atoms with Gasteiger partial charge in [-0.25, -0.2) is 4.68 Å². The summed E-state index contributed by atoms with van der Waals surface area (Å²) in [5.74, 6) is 2.38. The van der Waals surface area contributed by atoms with Crippen LogP contribution in [-0.4, -0.2) is 34.5 Å². The molecule has 3 heterocycles. The number of hydrogen-bond donors (Lipinski definition) is 1. The van der Waals surface area contributed by atoms with Crippen LogP contribution < -0.4 is 5.32 Å². The summed E-state index contributed by atoms with van der Waals surface area (Å²) < 4.78 is 7.37. The normalized spacial score (nSPS) is 27.1. The second-order valence-electron chi connectivity index (χ2n) is 4.36. The van der Waals surface area contributed by atoms with Crippen molar-refractivity contribution in [2.24, 2.45) is 11.8 Å². The van der Waals surface area contributed by atoms with Crippen LogP contribution in [0.4, 0.5) is 5.95 Å². The Hall–Kier alpha value is -1.10. The fraction of sp³-hybridized carbons (Fsp3) is 0.800. The molecule has 0 bridgehead atoms. The SMILES string of the molecule is c1nc2n(n1)CC(C1CCOCC1)CN2. The van der Waals surface area contributed by atoms with Crippen LogP contribution in [0.25, 0.3) is 0 Å². The molecule has 0 aliphatic carbocycles. The molecule has 0 radical (unpaired) electrons. The Kier molecular flexibility index (Phi) is 2.32. The molecule has 0 spiro atoms. The Morgan fingerprint density at radius 2 is 2.20 bits per heavy atom. The molecule has 82 valence electrons. The summed E-state index contributed by atoms with van der Waals surface area (Å²) in [7, 11) is 0. The molecule has 2 aliphatic heterocycles. The molecule has 3 rings (SSSR count). The Morgan fingerprint density at radius 3 is 3.07 bits per heavy atom. The van der Waals surface area contributed by atoms with Crippen molar-refractivity contribution in [3.8, 4) is 0 Å². The number of nitrogens with one attached hydrogen (secondary N) is 1. The number of ether oxygens (including phenoxy) is 1. The summed E-state index contributed by atoms with van der Waals surface area (Å²) in [4.78, 5) is 4.15. The first-order chi connectivity index (χ1) is 7.43. The Balaban J connectivity index is 1.69. The van der Waals surface area contributed by atoms with Crippen molar-refractivity contribution >= 4 is 5.95 Å². The average Bonchev–Trinajstić information content (AvgIpc) is 2.77. The molecule has 1 N–H and O–H groups in total. The molecule has 15 heavy (non-hydrogen) atoms. The number of anilines is 1. The van der Waals surface area contributed by atoms with Gasteiger partial charge in [0.1, 0.15) is 6.33 Å². The summed E-state index contributed by atoms with van der Waals surface area (Å²) in [6.07, 6.45) is 4.00. The van der Waals surface area contributed by atoms with Gasteiger partial charge in [0.15, 0.2) is 0 Å². The summed E-state index contributed by atoms with van der Waals surface area (Å²) in [5.41, 5.74) is 0. The molecule has 0 saturated carbocycles. The summed E-state index contributed by atoms with van der Waals surface area (Å²) >= 11 is 0. The number of hydrogen-bond acceptors (Lipinski definition) is 4. The number of nitrogens with zero attached hydrogens (tertiary/aromatic N) is 3. The standard InChI is InChI=1S/C10H16N4O/c1-3-15-4-2-8(1)9-5-11-10-12-7-13-14(10)6-9/h7-9H,1-6H2,(H,11,12,13). The average molecular weight is 208 g/mol. The third-order valence-electron chi connectivity index (χ3n) is 3.48. The van der Waals surface area contributed by atoms with E-state index < -0.39 is 0 Å². The third-order valence-corrected chi connectivity index (χ3v) is 3.48. The van der Waals surface area contributed by atoms with Gasteiger partial charge in [0.25, 0.3) is 0 Å². The monoisotopic (exact) mass is 208 g/mol. The smallest absolute Gasteiger partial charge is 0.221 e. The lowest BCUT2D eigenvalue weighted by molar-refractivity contribution is 0.0438. The zero-order chi connectivity index (χ0) is 10.1. The maximum atomic E-state index is 5.39. The van der Waals surface area contributed by atoms with Gasteiger partial charge in [-0.1, -0.05) is 0 Å². The highest BCUT2D eigenvalue weighted by atomic mass is 16.5. The molecule has 1 aromatic rings. The van der Waals surface area contributed by atoms with E-state index in [1.54, 1.807) is 6.33 Å². The lowest BCUT2D eigenvalue weighted by Crippen LogP contribution is -2.35. The van der Waals surface area contributed by atoms with E-state index in [9.17, 15) is 0 Å². The van der Waals surface area contributed by atoms with Gasteiger partial charge in [0.2, 0.25) is 5.95 Å². The van der Waals surface area contributed by atoms with Gasteiger partial charge in [-0.3, -0.25) is 0 Å². The molecular weight excluding hydrogens is 192 g/mol. The second kappa shape index (κ2) is 3.81. The van der Waals surface area contributed by atoms with Gasteiger partial charge in [-0.2, -0.15) is 10.1 Å². The Labute approximate surface area is 88.8 Å². The fourth-order valence-electron chi connectivity index (χ4n) is 2.55. The molecule has 5 nitrogen and oxygen atoms in total. The molecule has 2 aliphatic rings. The van der Waals surface area contributed by atoms with Crippen molar-refractivity contribution in [3.63, 3.8) is 0 Å². The van der Waals surface area contributed by atoms with Gasteiger partial charge in [-0.05, 0) is 24.7 Å². The molecule has 1 aromatic heterocycles. The van der Waals surface area contributed by atoms with Crippen molar-refractivity contribution < 1.29 is 4.74 Å². The van der Waals surface area contributed by atoms with Crippen LogP contribution in [0.5, 0.6) is 0 Å². The van der Waals surface area contributed by atoms with Gasteiger partial charge in [0.05, 0.1) is 0 Å². The van der Waals surface area contributed by atoms with E-state index in [2.05, 4.69) is 15.4 Å². The molecule has 1 saturated heterocycles. The Bertz CT molecular complexity index is 332. The molecular formula is C10H16N4O. The van der Waals surface area contributed by atoms with Crippen molar-refractivity contribution in [1.82, 2.24) is 14.8 Å². The van der Waals surface area contributed by atoms with Crippen molar-refractivity contribution in [3.05, 3.63) is 6.33 Å². The highest BCUT2D eigenvalue weighted by Gasteiger charge is 2.28. The largest absolute Gasteiger partial charge is 0.381 e. The zero-order valence-electron chi connectivity index (χ0n) is 8.72. The summed E-state index contributed by atoms with van der Waals surface area (Å²) in [6.45, 7) is 3.88. The van der Waals surface area contributed by atoms with E-state index >= 15 is 0 Å². The minimum absolute atomic E-state index is 0.683. The highest BCUT2D eigenvalue weighted by Crippen LogP contribution is 2.28. The van der Waals surface area contributed by atoms with Crippen molar-refractivity contribution in [1.29, 1.82) is 0 Å². The summed E-state index contributed by atoms with van der Waals surface area (Å²) in [6, 6.07) is 0. The van der Waals surface area contributed by atoms with E-state index in [1.165, 1.54) is 12.8 Å². The number of aromatic nitrogens is 3. The van der Waals surface area contributed by atoms with Crippen LogP contribution in [0.3, 0.4) is 0 Å². The van der Waals surface area contributed by atoms with Gasteiger partial charge in [0, 0.05) is 26.3 Å². The predicted molar refractivity (Wildman–Crippen MR) is 55.5 cm³/mol. The molecule has 0 aromatic carbocycles. The maximum Gasteiger partial charge on any atom is 0.221 e. The van der Waals surface area contributed by atoms with Crippen molar-refractivity contribution in [2.45, 2.75) is 19.4 Å². The van der Waals surface area contributed by atoms with Crippen LogP contribution in [0.2, 0.25) is 0 Å². The Morgan fingerprint density at radius 1 is 1.33 bits per heavy atom. The quantitative estimate of drug-likeness (QED) is 0.739. The molecule has 1 atom stereocenters. The van der Waals surface area contributed by atoms with Crippen LogP contribution in [0, 0.1) is 11.8 Å². The number of rotatable bonds is 1. The van der Waals surface area contributed by atoms with Crippen LogP contribution in [-0.2, 0) is 11.3 Å². The van der Waals surface area contributed by atoms with Crippen LogP contribution in [0.1, 0.15) is 12.8 Å². The van der Waals surface area contributed by atoms with E-state index in [-0.39, 0.29) is 0 Å². The van der Waals surface area contributed by atoms with Gasteiger partial charge >= 0.3 is 0 Å². The van der Waals surface area contributed by atoms with Crippen molar-refractivity contribution in [2.75, 3.05) is 25.1 Å². The maximum absolute atomic E-state index is 5.39. The van der Waals surface area contributed by atoms with E-state index in [0.717, 1.165) is 38.2 Å². The van der Waals surface area contributed by atoms with E-state index in [0.29, 0.717) is 5.92 Å². The minimum Gasteiger partial charge on any atom is -0.381 e. The molecule has 1 unspecified atom stereocenters. The van der Waals surface area contributed by atoms with Crippen LogP contribution >= 0.6 is 0 Å². The van der Waals surface area contributed by atoms with Crippen LogP contribution in [0.15, 0.2) is 6.33 Å². The first-order valence-corrected chi connectivity index (χ1v) is 5.63. The highest BCUT2D eigenvalue weighted by molar-refractivity contribution is 5.25. The molecule has 1 fully saturated rings. The first kappa shape index (κ1) is 9.15. The van der Waals surface area contributed by atoms with Gasteiger partial charge in [-0.15, -0.1) is 0 Å². The zero-order valence-corrected chi connectivity index (χ0v) is 8.72. The molecule has 5 heteroatoms. The minimum atomic E-state index is 0.683. The predicted octanol–water partition coefficient (Wildman–Crippen LogP) is 0.746. The molecule has 0 amide bonds. The number of fused-ring (bicyclic) bond motifs is 1. The second-order valence-corrected chi connectivity index (χ2v) is 4.36. The first-order valence-electron chi connectivity index (χ1n) is 5.63. The lowest BCUT2D eigenvalue weighted by atomic mass is 9.85. The summed E-state index contributed by atoms with van der Waals surface area (Å²) in [5, 5.41) is 7.55. The third kappa shape index (κ3) is 1.71. The topological polar surface area (TPSA) is 52.0 Å². The van der Waals surface area contributed by atoms with E-state index in [4.69, 9.17) is 4.74 Å². The fourth-order valence-corrected chi connectivity index (χ4v) is 2.55. The van der Waals surface area contributed by atoms with Gasteiger partial charge < -0.3 is 10.1 Å². The lowest BCUT2D eigenvalue weighted by Gasteiger charge is -2.33. The van der Waals surface area contributed by atoms with E-state index in [1.807, 2.05) is 4.68 Å².